The number of nitrogens with zero attached hydrogens (tertiary/aromatic N) is 1. The number of nitrogens with one attached hydrogen (secondary N) is 3. The molecule has 3 N–H and O–H groups in total. The van der Waals surface area contributed by atoms with Gasteiger partial charge in [0.1, 0.15) is 11.6 Å². The molecule has 0 saturated carbocycles. The summed E-state index contributed by atoms with van der Waals surface area (Å²) in [6.07, 6.45) is -4.49. The van der Waals surface area contributed by atoms with E-state index in [1.807, 2.05) is 0 Å². The summed E-state index contributed by atoms with van der Waals surface area (Å²) >= 11 is 5.20. The first-order valence-electron chi connectivity index (χ1n) is 10.4. The molecule has 0 spiro atoms. The quantitative estimate of drug-likeness (QED) is 0.184. The van der Waals surface area contributed by atoms with Gasteiger partial charge in [-0.05, 0) is 60.7 Å². The molecule has 184 valence electrons. The maximum absolute atomic E-state index is 14.0. The lowest BCUT2D eigenvalue weighted by atomic mass is 10.0. The minimum Gasteiger partial charge on any atom is -0.497 e. The van der Waals surface area contributed by atoms with E-state index in [4.69, 9.17) is 17.0 Å². The van der Waals surface area contributed by atoms with Crippen LogP contribution in [0, 0.1) is 5.82 Å². The SMILES string of the molecule is COc1cccc(NC(=S)NNC(=O)c2cc(-c3ccc(C(F)(F)F)cc3)nc3ccc(F)cc23)c1. The number of benzene rings is 3. The summed E-state index contributed by atoms with van der Waals surface area (Å²) in [5.41, 5.74) is 5.74. The molecule has 1 aromatic heterocycles. The summed E-state index contributed by atoms with van der Waals surface area (Å²) in [5, 5.41) is 3.18. The number of hydrogen-bond donors (Lipinski definition) is 3. The van der Waals surface area contributed by atoms with Crippen LogP contribution < -0.4 is 20.9 Å². The highest BCUT2D eigenvalue weighted by molar-refractivity contribution is 7.80. The van der Waals surface area contributed by atoms with Crippen molar-refractivity contribution in [2.24, 2.45) is 0 Å². The van der Waals surface area contributed by atoms with Crippen LogP contribution in [0.2, 0.25) is 0 Å². The second-order valence-corrected chi connectivity index (χ2v) is 7.97. The molecule has 36 heavy (non-hydrogen) atoms. The predicted molar refractivity (Wildman–Crippen MR) is 132 cm³/mol. The van der Waals surface area contributed by atoms with Crippen LogP contribution in [0.3, 0.4) is 0 Å². The Kier molecular flexibility index (Phi) is 7.02. The summed E-state index contributed by atoms with van der Waals surface area (Å²) in [6.45, 7) is 0. The molecule has 0 atom stereocenters. The largest absolute Gasteiger partial charge is 0.497 e. The van der Waals surface area contributed by atoms with E-state index in [0.29, 0.717) is 17.0 Å². The van der Waals surface area contributed by atoms with Gasteiger partial charge in [0.15, 0.2) is 5.11 Å². The zero-order valence-corrected chi connectivity index (χ0v) is 19.4. The fourth-order valence-electron chi connectivity index (χ4n) is 3.41. The van der Waals surface area contributed by atoms with Gasteiger partial charge in [-0.1, -0.05) is 18.2 Å². The lowest BCUT2D eigenvalue weighted by Gasteiger charge is -2.14. The van der Waals surface area contributed by atoms with E-state index >= 15 is 0 Å². The number of aromatic nitrogens is 1. The molecule has 0 saturated heterocycles. The first-order chi connectivity index (χ1) is 17.1. The third kappa shape index (κ3) is 5.69. The topological polar surface area (TPSA) is 75.3 Å². The number of hydrogen-bond acceptors (Lipinski definition) is 4. The molecule has 4 rings (SSSR count). The number of alkyl halides is 3. The van der Waals surface area contributed by atoms with Gasteiger partial charge >= 0.3 is 6.18 Å². The molecule has 3 aromatic carbocycles. The van der Waals surface area contributed by atoms with E-state index < -0.39 is 23.5 Å². The molecule has 1 heterocycles. The number of carbonyl (C=O) groups is 1. The van der Waals surface area contributed by atoms with Gasteiger partial charge in [0, 0.05) is 22.7 Å². The van der Waals surface area contributed by atoms with Crippen LogP contribution in [0.15, 0.2) is 72.8 Å². The molecular formula is C25H18F4N4O2S. The average molecular weight is 515 g/mol. The smallest absolute Gasteiger partial charge is 0.416 e. The van der Waals surface area contributed by atoms with Crippen molar-refractivity contribution >= 4 is 39.8 Å². The molecular weight excluding hydrogens is 496 g/mol. The molecule has 0 aliphatic heterocycles. The molecule has 0 fully saturated rings. The number of fused-ring (bicyclic) bond motifs is 1. The number of halogens is 4. The van der Waals surface area contributed by atoms with Gasteiger partial charge in [0.25, 0.3) is 5.91 Å². The van der Waals surface area contributed by atoms with E-state index in [1.165, 1.54) is 37.4 Å². The Labute approximate surface area is 208 Å². The Morgan fingerprint density at radius 3 is 2.42 bits per heavy atom. The van der Waals surface area contributed by atoms with Crippen molar-refractivity contribution in [3.05, 3.63) is 89.7 Å². The number of amides is 1. The summed E-state index contributed by atoms with van der Waals surface area (Å²) in [6, 6.07) is 16.4. The Morgan fingerprint density at radius 1 is 0.972 bits per heavy atom. The number of pyridine rings is 1. The molecule has 0 unspecified atom stereocenters. The maximum Gasteiger partial charge on any atom is 0.416 e. The normalized spacial score (nSPS) is 11.1. The predicted octanol–water partition coefficient (Wildman–Crippen LogP) is 5.70. The van der Waals surface area contributed by atoms with Crippen molar-refractivity contribution in [2.45, 2.75) is 6.18 Å². The van der Waals surface area contributed by atoms with Gasteiger partial charge in [-0.15, -0.1) is 0 Å². The number of anilines is 1. The number of hydrazine groups is 1. The van der Waals surface area contributed by atoms with Crippen LogP contribution in [-0.4, -0.2) is 23.1 Å². The molecule has 0 bridgehead atoms. The molecule has 0 aliphatic rings. The highest BCUT2D eigenvalue weighted by Gasteiger charge is 2.30. The van der Waals surface area contributed by atoms with Crippen molar-refractivity contribution in [2.75, 3.05) is 12.4 Å². The van der Waals surface area contributed by atoms with Crippen LogP contribution in [0.5, 0.6) is 5.75 Å². The van der Waals surface area contributed by atoms with Crippen molar-refractivity contribution in [1.29, 1.82) is 0 Å². The second kappa shape index (κ2) is 10.2. The van der Waals surface area contributed by atoms with Crippen molar-refractivity contribution in [3.8, 4) is 17.0 Å². The van der Waals surface area contributed by atoms with E-state index in [9.17, 15) is 22.4 Å². The highest BCUT2D eigenvalue weighted by atomic mass is 32.1. The van der Waals surface area contributed by atoms with Crippen LogP contribution in [0.4, 0.5) is 23.2 Å². The standard InChI is InChI=1S/C25H18F4N4O2S/c1-35-18-4-2-3-17(12-18)30-24(36)33-32-23(34)20-13-22(31-21-10-9-16(26)11-19(20)21)14-5-7-15(8-6-14)25(27,28)29/h2-13H,1H3,(H,32,34)(H2,30,33,36). The number of ether oxygens (including phenoxy) is 1. The summed E-state index contributed by atoms with van der Waals surface area (Å²) in [4.78, 5) is 17.4. The minimum absolute atomic E-state index is 0.0473. The molecule has 0 radical (unpaired) electrons. The summed E-state index contributed by atoms with van der Waals surface area (Å²) < 4.78 is 57.9. The van der Waals surface area contributed by atoms with Gasteiger partial charge in [0.2, 0.25) is 0 Å². The van der Waals surface area contributed by atoms with Crippen LogP contribution in [0.25, 0.3) is 22.2 Å². The first-order valence-corrected chi connectivity index (χ1v) is 10.8. The zero-order valence-electron chi connectivity index (χ0n) is 18.6. The highest BCUT2D eigenvalue weighted by Crippen LogP contribution is 2.31. The van der Waals surface area contributed by atoms with Gasteiger partial charge in [0.05, 0.1) is 29.4 Å². The lowest BCUT2D eigenvalue weighted by molar-refractivity contribution is -0.137. The molecule has 1 amide bonds. The fourth-order valence-corrected chi connectivity index (χ4v) is 3.58. The van der Waals surface area contributed by atoms with Gasteiger partial charge in [-0.25, -0.2) is 9.37 Å². The first kappa shape index (κ1) is 24.9. The van der Waals surface area contributed by atoms with Crippen molar-refractivity contribution in [3.63, 3.8) is 0 Å². The minimum atomic E-state index is -4.49. The number of methoxy groups -OCH3 is 1. The van der Waals surface area contributed by atoms with Gasteiger partial charge in [-0.2, -0.15) is 13.2 Å². The van der Waals surface area contributed by atoms with Crippen LogP contribution in [-0.2, 0) is 6.18 Å². The third-order valence-corrected chi connectivity index (χ3v) is 5.34. The average Bonchev–Trinajstić information content (AvgIpc) is 2.86. The number of rotatable bonds is 4. The van der Waals surface area contributed by atoms with E-state index in [1.54, 1.807) is 24.3 Å². The third-order valence-electron chi connectivity index (χ3n) is 5.14. The Morgan fingerprint density at radius 2 is 1.72 bits per heavy atom. The zero-order chi connectivity index (χ0) is 25.9. The molecule has 0 aliphatic carbocycles. The van der Waals surface area contributed by atoms with Crippen molar-refractivity contribution < 1.29 is 27.1 Å². The number of thiocarbonyl (C=S) groups is 1. The second-order valence-electron chi connectivity index (χ2n) is 7.56. The van der Waals surface area contributed by atoms with E-state index in [0.717, 1.165) is 18.2 Å². The Balaban J connectivity index is 1.59. The van der Waals surface area contributed by atoms with Crippen LogP contribution in [0.1, 0.15) is 15.9 Å². The maximum atomic E-state index is 14.0. The molecule has 6 nitrogen and oxygen atoms in total. The van der Waals surface area contributed by atoms with Gasteiger partial charge < -0.3 is 10.1 Å². The molecule has 11 heteroatoms. The summed E-state index contributed by atoms with van der Waals surface area (Å²) in [7, 11) is 1.52. The van der Waals surface area contributed by atoms with E-state index in [-0.39, 0.29) is 27.3 Å². The Hall–Kier alpha value is -4.25. The monoisotopic (exact) mass is 514 g/mol. The molecule has 4 aromatic rings. The van der Waals surface area contributed by atoms with Crippen LogP contribution >= 0.6 is 12.2 Å². The number of carbonyl (C=O) groups excluding carboxylic acids is 1. The van der Waals surface area contributed by atoms with Gasteiger partial charge in [-0.3, -0.25) is 15.6 Å². The van der Waals surface area contributed by atoms with Crippen molar-refractivity contribution in [1.82, 2.24) is 15.8 Å². The van der Waals surface area contributed by atoms with E-state index in [2.05, 4.69) is 21.2 Å². The summed E-state index contributed by atoms with van der Waals surface area (Å²) in [5.74, 6) is -0.632. The Bertz CT molecular complexity index is 1440. The lowest BCUT2D eigenvalue weighted by Crippen LogP contribution is -2.43. The fraction of sp³-hybridized carbons (Fsp3) is 0.0800.